The van der Waals surface area contributed by atoms with Gasteiger partial charge in [0.1, 0.15) is 0 Å². The summed E-state index contributed by atoms with van der Waals surface area (Å²) in [6.07, 6.45) is 2.91. The van der Waals surface area contributed by atoms with E-state index in [1.807, 2.05) is 4.90 Å². The minimum absolute atomic E-state index is 0.0144. The molecule has 1 rings (SSSR count). The number of piperidine rings is 1. The molecule has 16 heavy (non-hydrogen) atoms. The first-order valence-electron chi connectivity index (χ1n) is 5.11. The van der Waals surface area contributed by atoms with Crippen LogP contribution in [0.2, 0.25) is 0 Å². The average Bonchev–Trinajstić information content (AvgIpc) is 2.18. The molecule has 1 unspecified atom stereocenters. The van der Waals surface area contributed by atoms with E-state index in [1.165, 1.54) is 5.54 Å². The largest absolute Gasteiger partial charge is 0.294 e. The maximum atomic E-state index is 11.1. The molecule has 0 aromatic heterocycles. The molecule has 2 N–H and O–H groups in total. The fraction of sp³-hybridized carbons (Fsp3) is 0.778. The number of rotatable bonds is 4. The van der Waals surface area contributed by atoms with Gasteiger partial charge in [-0.1, -0.05) is 29.6 Å². The molecular weight excluding hydrogens is 271 g/mol. The van der Waals surface area contributed by atoms with Crippen LogP contribution in [0.25, 0.3) is 0 Å². The third-order valence-electron chi connectivity index (χ3n) is 2.65. The Labute approximate surface area is 106 Å². The van der Waals surface area contributed by atoms with Crippen LogP contribution in [0, 0.1) is 0 Å². The van der Waals surface area contributed by atoms with Crippen molar-refractivity contribution in [3.63, 3.8) is 0 Å². The smallest absolute Gasteiger partial charge is 0.210 e. The van der Waals surface area contributed by atoms with Crippen LogP contribution in [0.1, 0.15) is 19.3 Å². The first-order chi connectivity index (χ1) is 7.42. The molecule has 1 aliphatic rings. The van der Waals surface area contributed by atoms with Gasteiger partial charge in [0.2, 0.25) is 10.0 Å². The normalized spacial score (nSPS) is 24.7. The maximum absolute atomic E-state index is 11.1. The number of primary sulfonamides is 1. The van der Waals surface area contributed by atoms with E-state index in [9.17, 15) is 8.42 Å². The molecule has 1 fully saturated rings. The first-order valence-corrected chi connectivity index (χ1v) is 7.64. The van der Waals surface area contributed by atoms with Gasteiger partial charge in [0, 0.05) is 23.2 Å². The van der Waals surface area contributed by atoms with Gasteiger partial charge in [0.25, 0.3) is 0 Å². The minimum Gasteiger partial charge on any atom is -0.294 e. The SMILES string of the molecule is NS(=O)(=O)CC1CCCCN1CC(Cl)=CCl. The summed E-state index contributed by atoms with van der Waals surface area (Å²) in [6, 6.07) is -0.0471. The second-order valence-corrected chi connectivity index (χ2v) is 6.37. The molecule has 0 amide bonds. The van der Waals surface area contributed by atoms with Crippen LogP contribution in [-0.4, -0.2) is 38.2 Å². The monoisotopic (exact) mass is 286 g/mol. The summed E-state index contributed by atoms with van der Waals surface area (Å²) in [5, 5.41) is 5.58. The molecule has 0 spiro atoms. The number of halogens is 2. The molecule has 0 aromatic carbocycles. The van der Waals surface area contributed by atoms with E-state index in [1.54, 1.807) is 0 Å². The van der Waals surface area contributed by atoms with Crippen molar-refractivity contribution in [3.8, 4) is 0 Å². The highest BCUT2D eigenvalue weighted by molar-refractivity contribution is 7.89. The molecule has 0 radical (unpaired) electrons. The van der Waals surface area contributed by atoms with Gasteiger partial charge in [-0.3, -0.25) is 4.90 Å². The van der Waals surface area contributed by atoms with Gasteiger partial charge in [-0.2, -0.15) is 0 Å². The molecular formula is C9H16Cl2N2O2S. The lowest BCUT2D eigenvalue weighted by Gasteiger charge is -2.34. The van der Waals surface area contributed by atoms with Crippen molar-refractivity contribution in [1.82, 2.24) is 4.90 Å². The Hall–Kier alpha value is 0.190. The molecule has 1 saturated heterocycles. The molecule has 0 aliphatic carbocycles. The fourth-order valence-corrected chi connectivity index (χ4v) is 3.09. The van der Waals surface area contributed by atoms with Gasteiger partial charge in [0.15, 0.2) is 0 Å². The molecule has 4 nitrogen and oxygen atoms in total. The van der Waals surface area contributed by atoms with E-state index >= 15 is 0 Å². The molecule has 7 heteroatoms. The lowest BCUT2D eigenvalue weighted by atomic mass is 10.0. The van der Waals surface area contributed by atoms with E-state index in [2.05, 4.69) is 0 Å². The quantitative estimate of drug-likeness (QED) is 0.851. The van der Waals surface area contributed by atoms with Gasteiger partial charge < -0.3 is 0 Å². The number of hydrogen-bond donors (Lipinski definition) is 1. The van der Waals surface area contributed by atoms with Crippen molar-refractivity contribution in [1.29, 1.82) is 0 Å². The third kappa shape index (κ3) is 5.01. The zero-order valence-electron chi connectivity index (χ0n) is 8.90. The zero-order chi connectivity index (χ0) is 12.2. The topological polar surface area (TPSA) is 63.4 Å². The van der Waals surface area contributed by atoms with Crippen molar-refractivity contribution in [2.45, 2.75) is 25.3 Å². The maximum Gasteiger partial charge on any atom is 0.210 e. The van der Waals surface area contributed by atoms with Crippen LogP contribution in [-0.2, 0) is 10.0 Å². The summed E-state index contributed by atoms with van der Waals surface area (Å²) in [4.78, 5) is 2.02. The third-order valence-corrected chi connectivity index (χ3v) is 4.10. The van der Waals surface area contributed by atoms with E-state index in [0.717, 1.165) is 25.8 Å². The summed E-state index contributed by atoms with van der Waals surface area (Å²) in [5.41, 5.74) is 1.31. The molecule has 0 bridgehead atoms. The highest BCUT2D eigenvalue weighted by Gasteiger charge is 2.26. The van der Waals surface area contributed by atoms with E-state index in [-0.39, 0.29) is 11.8 Å². The molecule has 1 aliphatic heterocycles. The Morgan fingerprint density at radius 2 is 2.19 bits per heavy atom. The highest BCUT2D eigenvalue weighted by atomic mass is 35.5. The van der Waals surface area contributed by atoms with Crippen LogP contribution in [0.15, 0.2) is 10.6 Å². The predicted molar refractivity (Wildman–Crippen MR) is 67.0 cm³/mol. The lowest BCUT2D eigenvalue weighted by molar-refractivity contribution is 0.179. The van der Waals surface area contributed by atoms with E-state index in [4.69, 9.17) is 28.3 Å². The number of nitrogens with two attached hydrogens (primary N) is 1. The van der Waals surface area contributed by atoms with Gasteiger partial charge in [-0.05, 0) is 19.4 Å². The number of sulfonamides is 1. The predicted octanol–water partition coefficient (Wildman–Crippen LogP) is 1.45. The van der Waals surface area contributed by atoms with Crippen molar-refractivity contribution in [2.75, 3.05) is 18.8 Å². The molecule has 0 saturated carbocycles. The summed E-state index contributed by atoms with van der Waals surface area (Å²) in [6.45, 7) is 1.33. The Balaban J connectivity index is 2.64. The second kappa shape index (κ2) is 6.21. The average molecular weight is 287 g/mol. The van der Waals surface area contributed by atoms with Crippen molar-refractivity contribution < 1.29 is 8.42 Å². The van der Waals surface area contributed by atoms with Crippen molar-refractivity contribution >= 4 is 33.2 Å². The highest BCUT2D eigenvalue weighted by Crippen LogP contribution is 2.20. The van der Waals surface area contributed by atoms with Gasteiger partial charge in [0.05, 0.1) is 5.75 Å². The van der Waals surface area contributed by atoms with Crippen LogP contribution >= 0.6 is 23.2 Å². The second-order valence-electron chi connectivity index (χ2n) is 4.01. The zero-order valence-corrected chi connectivity index (χ0v) is 11.2. The minimum atomic E-state index is -3.44. The summed E-state index contributed by atoms with van der Waals surface area (Å²) < 4.78 is 22.2. The Morgan fingerprint density at radius 1 is 1.50 bits per heavy atom. The van der Waals surface area contributed by atoms with Gasteiger partial charge >= 0.3 is 0 Å². The number of hydrogen-bond acceptors (Lipinski definition) is 3. The summed E-state index contributed by atoms with van der Waals surface area (Å²) in [5.74, 6) is -0.0144. The molecule has 0 aromatic rings. The van der Waals surface area contributed by atoms with Crippen LogP contribution in [0.3, 0.4) is 0 Å². The van der Waals surface area contributed by atoms with Gasteiger partial charge in [-0.25, -0.2) is 13.6 Å². The van der Waals surface area contributed by atoms with Crippen molar-refractivity contribution in [3.05, 3.63) is 10.6 Å². The van der Waals surface area contributed by atoms with E-state index < -0.39 is 10.0 Å². The molecule has 94 valence electrons. The molecule has 1 atom stereocenters. The standard InChI is InChI=1S/C9H16Cl2N2O2S/c10-5-8(11)6-13-4-2-1-3-9(13)7-16(12,14)15/h5,9H,1-4,6-7H2,(H2,12,14,15). The van der Waals surface area contributed by atoms with Crippen LogP contribution in [0.4, 0.5) is 0 Å². The molecule has 1 heterocycles. The van der Waals surface area contributed by atoms with Crippen molar-refractivity contribution in [2.24, 2.45) is 5.14 Å². The number of nitrogens with zero attached hydrogens (tertiary/aromatic N) is 1. The summed E-state index contributed by atoms with van der Waals surface area (Å²) in [7, 11) is -3.44. The van der Waals surface area contributed by atoms with Gasteiger partial charge in [-0.15, -0.1) is 0 Å². The number of likely N-dealkylation sites (tertiary alicyclic amines) is 1. The Bertz CT molecular complexity index is 357. The fourth-order valence-electron chi connectivity index (χ4n) is 1.95. The van der Waals surface area contributed by atoms with E-state index in [0.29, 0.717) is 11.6 Å². The summed E-state index contributed by atoms with van der Waals surface area (Å²) >= 11 is 11.3. The van der Waals surface area contributed by atoms with Crippen LogP contribution in [0.5, 0.6) is 0 Å². The lowest BCUT2D eigenvalue weighted by Crippen LogP contribution is -2.45. The van der Waals surface area contributed by atoms with Crippen LogP contribution < -0.4 is 5.14 Å². The Kier molecular flexibility index (Phi) is 5.53. The first kappa shape index (κ1) is 14.3. The Morgan fingerprint density at radius 3 is 2.75 bits per heavy atom.